The van der Waals surface area contributed by atoms with Gasteiger partial charge in [0, 0.05) is 24.3 Å². The van der Waals surface area contributed by atoms with Crippen LogP contribution in [-0.2, 0) is 18.4 Å². The van der Waals surface area contributed by atoms with Crippen molar-refractivity contribution in [2.75, 3.05) is 5.32 Å². The summed E-state index contributed by atoms with van der Waals surface area (Å²) in [6.45, 7) is -0.178. The summed E-state index contributed by atoms with van der Waals surface area (Å²) in [4.78, 5) is 29.1. The molecule has 0 saturated carbocycles. The molecule has 4 aromatic rings. The van der Waals surface area contributed by atoms with Crippen LogP contribution < -0.4 is 11.0 Å². The number of carbonyl (C=O) groups excluding carboxylic acids is 1. The molecule has 2 heterocycles. The molecule has 0 saturated heterocycles. The zero-order valence-electron chi connectivity index (χ0n) is 14.7. The van der Waals surface area contributed by atoms with Crippen molar-refractivity contribution in [1.29, 1.82) is 0 Å². The van der Waals surface area contributed by atoms with E-state index in [1.165, 1.54) is 4.57 Å². The number of aromatic nitrogens is 4. The van der Waals surface area contributed by atoms with Gasteiger partial charge in [-0.1, -0.05) is 42.5 Å². The van der Waals surface area contributed by atoms with Crippen LogP contribution in [-0.4, -0.2) is 25.2 Å². The summed E-state index contributed by atoms with van der Waals surface area (Å²) >= 11 is 0. The predicted octanol–water partition coefficient (Wildman–Crippen LogP) is 2.44. The molecule has 0 aliphatic rings. The molecule has 0 unspecified atom stereocenters. The maximum atomic E-state index is 12.5. The quantitative estimate of drug-likeness (QED) is 0.607. The number of carbonyl (C=O) groups is 1. The number of fused-ring (bicyclic) bond motifs is 1. The molecule has 2 aromatic carbocycles. The van der Waals surface area contributed by atoms with Gasteiger partial charge < -0.3 is 5.32 Å². The largest absolute Gasteiger partial charge is 0.346 e. The normalized spacial score (nSPS) is 10.9. The fraction of sp³-hybridized carbons (Fsp3) is 0.100. The predicted molar refractivity (Wildman–Crippen MR) is 103 cm³/mol. The molecule has 2 aromatic heterocycles. The van der Waals surface area contributed by atoms with E-state index in [1.54, 1.807) is 25.4 Å². The smallest absolute Gasteiger partial charge is 0.324 e. The fourth-order valence-corrected chi connectivity index (χ4v) is 2.97. The van der Waals surface area contributed by atoms with E-state index in [0.29, 0.717) is 17.2 Å². The summed E-state index contributed by atoms with van der Waals surface area (Å²) in [5.41, 5.74) is 0.904. The van der Waals surface area contributed by atoms with Crippen LogP contribution in [0.5, 0.6) is 0 Å². The van der Waals surface area contributed by atoms with Gasteiger partial charge in [-0.3, -0.25) is 14.3 Å². The van der Waals surface area contributed by atoms with Gasteiger partial charge in [-0.25, -0.2) is 9.48 Å². The average molecular weight is 359 g/mol. The van der Waals surface area contributed by atoms with E-state index in [4.69, 9.17) is 0 Å². The lowest BCUT2D eigenvalue weighted by Gasteiger charge is -2.08. The van der Waals surface area contributed by atoms with Crippen LogP contribution in [0.4, 0.5) is 5.69 Å². The maximum Gasteiger partial charge on any atom is 0.346 e. The molecule has 7 nitrogen and oxygen atoms in total. The average Bonchev–Trinajstić information content (AvgIpc) is 2.97. The van der Waals surface area contributed by atoms with E-state index in [2.05, 4.69) is 15.4 Å². The number of nitrogens with one attached hydrogen (secondary N) is 1. The van der Waals surface area contributed by atoms with E-state index < -0.39 is 0 Å². The number of anilines is 1. The third kappa shape index (κ3) is 3.22. The summed E-state index contributed by atoms with van der Waals surface area (Å²) in [6, 6.07) is 18.8. The van der Waals surface area contributed by atoms with Gasteiger partial charge in [0.15, 0.2) is 5.82 Å². The van der Waals surface area contributed by atoms with Crippen LogP contribution >= 0.6 is 0 Å². The number of hydrogen-bond donors (Lipinski definition) is 1. The van der Waals surface area contributed by atoms with Crippen LogP contribution in [0.25, 0.3) is 22.3 Å². The Labute approximate surface area is 154 Å². The standard InChI is InChI=1S/C20H17N5O2/c1-24-19(17-10-4-5-12-21-17)23-25(20(24)27)13-18(26)22-16-11-6-8-14-7-2-3-9-15(14)16/h2-12H,13H2,1H3,(H,22,26). The van der Waals surface area contributed by atoms with Crippen molar-refractivity contribution in [2.45, 2.75) is 6.54 Å². The minimum atomic E-state index is -0.372. The highest BCUT2D eigenvalue weighted by Gasteiger charge is 2.15. The van der Waals surface area contributed by atoms with Gasteiger partial charge in [0.25, 0.3) is 0 Å². The zero-order chi connectivity index (χ0) is 18.8. The van der Waals surface area contributed by atoms with Gasteiger partial charge in [-0.15, -0.1) is 5.10 Å². The number of hydrogen-bond acceptors (Lipinski definition) is 4. The molecule has 134 valence electrons. The van der Waals surface area contributed by atoms with Crippen molar-refractivity contribution < 1.29 is 4.79 Å². The molecule has 0 radical (unpaired) electrons. The van der Waals surface area contributed by atoms with Crippen LogP contribution in [0.1, 0.15) is 0 Å². The first-order valence-electron chi connectivity index (χ1n) is 8.46. The van der Waals surface area contributed by atoms with Crippen molar-refractivity contribution in [2.24, 2.45) is 7.05 Å². The number of benzene rings is 2. The van der Waals surface area contributed by atoms with E-state index in [0.717, 1.165) is 15.5 Å². The Morgan fingerprint density at radius 3 is 2.63 bits per heavy atom. The van der Waals surface area contributed by atoms with Crippen LogP contribution in [0.3, 0.4) is 0 Å². The number of pyridine rings is 1. The molecule has 27 heavy (non-hydrogen) atoms. The Morgan fingerprint density at radius 1 is 1.04 bits per heavy atom. The van der Waals surface area contributed by atoms with Crippen LogP contribution in [0, 0.1) is 0 Å². The van der Waals surface area contributed by atoms with Gasteiger partial charge in [0.05, 0.1) is 0 Å². The third-order valence-corrected chi connectivity index (χ3v) is 4.29. The highest BCUT2D eigenvalue weighted by atomic mass is 16.2. The highest BCUT2D eigenvalue weighted by Crippen LogP contribution is 2.22. The zero-order valence-corrected chi connectivity index (χ0v) is 14.7. The third-order valence-electron chi connectivity index (χ3n) is 4.29. The molecule has 0 aliphatic carbocycles. The SMILES string of the molecule is Cn1c(-c2ccccn2)nn(CC(=O)Nc2cccc3ccccc23)c1=O. The Hall–Kier alpha value is -3.74. The van der Waals surface area contributed by atoms with E-state index in [1.807, 2.05) is 48.5 Å². The minimum absolute atomic E-state index is 0.178. The topological polar surface area (TPSA) is 81.8 Å². The molecular formula is C20H17N5O2. The molecule has 1 amide bonds. The molecule has 0 fully saturated rings. The van der Waals surface area contributed by atoms with E-state index in [9.17, 15) is 9.59 Å². The van der Waals surface area contributed by atoms with Gasteiger partial charge in [0.1, 0.15) is 12.2 Å². The second-order valence-corrected chi connectivity index (χ2v) is 6.11. The Bertz CT molecular complexity index is 1170. The van der Waals surface area contributed by atoms with Gasteiger partial charge in [-0.2, -0.15) is 0 Å². The summed E-state index contributed by atoms with van der Waals surface area (Å²) in [7, 11) is 1.61. The summed E-state index contributed by atoms with van der Waals surface area (Å²) in [5.74, 6) is 0.0951. The number of amides is 1. The molecule has 1 N–H and O–H groups in total. The van der Waals surface area contributed by atoms with Crippen LogP contribution in [0.15, 0.2) is 71.7 Å². The second kappa shape index (κ2) is 6.87. The molecular weight excluding hydrogens is 342 g/mol. The Balaban J connectivity index is 1.59. The lowest BCUT2D eigenvalue weighted by molar-refractivity contribution is -0.117. The maximum absolute atomic E-state index is 12.5. The van der Waals surface area contributed by atoms with Gasteiger partial charge in [0.2, 0.25) is 5.91 Å². The second-order valence-electron chi connectivity index (χ2n) is 6.11. The molecule has 4 rings (SSSR count). The minimum Gasteiger partial charge on any atom is -0.324 e. The lowest BCUT2D eigenvalue weighted by Crippen LogP contribution is -2.29. The van der Waals surface area contributed by atoms with Crippen molar-refractivity contribution >= 4 is 22.4 Å². The summed E-state index contributed by atoms with van der Waals surface area (Å²) in [6.07, 6.45) is 1.63. The van der Waals surface area contributed by atoms with Crippen molar-refractivity contribution in [3.8, 4) is 11.5 Å². The molecule has 0 bridgehead atoms. The summed E-state index contributed by atoms with van der Waals surface area (Å²) < 4.78 is 2.53. The Morgan fingerprint density at radius 2 is 1.81 bits per heavy atom. The number of nitrogens with zero attached hydrogens (tertiary/aromatic N) is 4. The first-order valence-corrected chi connectivity index (χ1v) is 8.46. The molecule has 0 aliphatic heterocycles. The molecule has 0 spiro atoms. The van der Waals surface area contributed by atoms with Gasteiger partial charge in [-0.05, 0) is 23.6 Å². The monoisotopic (exact) mass is 359 g/mol. The Kier molecular flexibility index (Phi) is 4.25. The lowest BCUT2D eigenvalue weighted by atomic mass is 10.1. The molecule has 7 heteroatoms. The molecule has 0 atom stereocenters. The summed E-state index contributed by atoms with van der Waals surface area (Å²) in [5, 5.41) is 9.10. The van der Waals surface area contributed by atoms with E-state index >= 15 is 0 Å². The van der Waals surface area contributed by atoms with Crippen molar-refractivity contribution in [3.63, 3.8) is 0 Å². The first-order chi connectivity index (χ1) is 13.1. The van der Waals surface area contributed by atoms with E-state index in [-0.39, 0.29) is 18.1 Å². The number of rotatable bonds is 4. The highest BCUT2D eigenvalue weighted by molar-refractivity contribution is 6.01. The van der Waals surface area contributed by atoms with Gasteiger partial charge >= 0.3 is 5.69 Å². The first kappa shape index (κ1) is 16.7. The fourth-order valence-electron chi connectivity index (χ4n) is 2.97. The van der Waals surface area contributed by atoms with Crippen molar-refractivity contribution in [1.82, 2.24) is 19.3 Å². The van der Waals surface area contributed by atoms with Crippen LogP contribution in [0.2, 0.25) is 0 Å². The van der Waals surface area contributed by atoms with Crippen molar-refractivity contribution in [3.05, 3.63) is 77.3 Å².